The minimum absolute atomic E-state index is 0.668. The number of aromatic nitrogens is 2. The fourth-order valence-corrected chi connectivity index (χ4v) is 3.81. The Bertz CT molecular complexity index is 1040. The van der Waals surface area contributed by atoms with Gasteiger partial charge in [-0.05, 0) is 29.7 Å². The SMILES string of the molecule is CCOc1csc(-c2cc(NCCc3ccc4ccccc4c3)ncn2)c1. The van der Waals surface area contributed by atoms with Crippen molar-refractivity contribution in [1.82, 2.24) is 9.97 Å². The Labute approximate surface area is 162 Å². The summed E-state index contributed by atoms with van der Waals surface area (Å²) in [5, 5.41) is 7.97. The standard InChI is InChI=1S/C22H21N3OS/c1-2-26-19-12-21(27-14-19)20-13-22(25-15-24-20)23-10-9-16-7-8-17-5-3-4-6-18(17)11-16/h3-8,11-15H,2,9-10H2,1H3,(H,23,24,25). The second-order valence-corrected chi connectivity index (χ2v) is 7.14. The normalized spacial score (nSPS) is 10.9. The van der Waals surface area contributed by atoms with E-state index in [1.807, 2.05) is 24.4 Å². The number of nitrogens with zero attached hydrogens (tertiary/aromatic N) is 2. The molecule has 0 aliphatic rings. The molecule has 0 radical (unpaired) electrons. The summed E-state index contributed by atoms with van der Waals surface area (Å²) in [7, 11) is 0. The summed E-state index contributed by atoms with van der Waals surface area (Å²) in [6, 6.07) is 19.1. The maximum atomic E-state index is 5.53. The monoisotopic (exact) mass is 375 g/mol. The van der Waals surface area contributed by atoms with Crippen molar-refractivity contribution in [2.24, 2.45) is 0 Å². The summed E-state index contributed by atoms with van der Waals surface area (Å²) in [5.41, 5.74) is 2.23. The molecule has 0 saturated carbocycles. The molecule has 136 valence electrons. The fourth-order valence-electron chi connectivity index (χ4n) is 3.01. The van der Waals surface area contributed by atoms with Gasteiger partial charge in [-0.3, -0.25) is 0 Å². The van der Waals surface area contributed by atoms with Crippen LogP contribution in [0.5, 0.6) is 5.75 Å². The molecule has 1 N–H and O–H groups in total. The fraction of sp³-hybridized carbons (Fsp3) is 0.182. The van der Waals surface area contributed by atoms with E-state index < -0.39 is 0 Å². The molecule has 0 atom stereocenters. The van der Waals surface area contributed by atoms with E-state index in [9.17, 15) is 0 Å². The third kappa shape index (κ3) is 4.26. The first-order valence-corrected chi connectivity index (χ1v) is 9.95. The average molecular weight is 375 g/mol. The first-order chi connectivity index (χ1) is 13.3. The Morgan fingerprint density at radius 2 is 1.89 bits per heavy atom. The number of hydrogen-bond acceptors (Lipinski definition) is 5. The lowest BCUT2D eigenvalue weighted by Crippen LogP contribution is -2.06. The highest BCUT2D eigenvalue weighted by Gasteiger charge is 2.06. The third-order valence-electron chi connectivity index (χ3n) is 4.34. The van der Waals surface area contributed by atoms with Gasteiger partial charge in [0, 0.05) is 24.1 Å². The van der Waals surface area contributed by atoms with E-state index in [2.05, 4.69) is 57.7 Å². The van der Waals surface area contributed by atoms with Gasteiger partial charge < -0.3 is 10.1 Å². The van der Waals surface area contributed by atoms with Crippen LogP contribution in [0.1, 0.15) is 12.5 Å². The third-order valence-corrected chi connectivity index (χ3v) is 5.27. The molecule has 0 aliphatic heterocycles. The highest BCUT2D eigenvalue weighted by molar-refractivity contribution is 7.13. The van der Waals surface area contributed by atoms with E-state index >= 15 is 0 Å². The molecule has 4 aromatic rings. The van der Waals surface area contributed by atoms with Crippen molar-refractivity contribution in [1.29, 1.82) is 0 Å². The number of nitrogens with one attached hydrogen (secondary N) is 1. The Hall–Kier alpha value is -2.92. The summed E-state index contributed by atoms with van der Waals surface area (Å²) in [4.78, 5) is 9.81. The molecule has 4 rings (SSSR count). The summed E-state index contributed by atoms with van der Waals surface area (Å²) in [6.07, 6.45) is 2.55. The zero-order chi connectivity index (χ0) is 18.5. The molecule has 0 aliphatic carbocycles. The number of ether oxygens (including phenoxy) is 1. The van der Waals surface area contributed by atoms with E-state index in [4.69, 9.17) is 4.74 Å². The smallest absolute Gasteiger partial charge is 0.130 e. The Kier molecular flexibility index (Phi) is 5.30. The van der Waals surface area contributed by atoms with Crippen LogP contribution in [0.4, 0.5) is 5.82 Å². The molecule has 0 bridgehead atoms. The van der Waals surface area contributed by atoms with Gasteiger partial charge in [-0.15, -0.1) is 11.3 Å². The molecule has 2 aromatic heterocycles. The van der Waals surface area contributed by atoms with Crippen LogP contribution in [0.3, 0.4) is 0 Å². The van der Waals surface area contributed by atoms with Crippen molar-refractivity contribution in [3.63, 3.8) is 0 Å². The van der Waals surface area contributed by atoms with Crippen LogP contribution < -0.4 is 10.1 Å². The Balaban J connectivity index is 1.40. The van der Waals surface area contributed by atoms with Gasteiger partial charge in [-0.2, -0.15) is 0 Å². The largest absolute Gasteiger partial charge is 0.493 e. The molecule has 4 nitrogen and oxygen atoms in total. The highest BCUT2D eigenvalue weighted by Crippen LogP contribution is 2.30. The molecule has 0 fully saturated rings. The molecule has 0 saturated heterocycles. The van der Waals surface area contributed by atoms with Gasteiger partial charge >= 0.3 is 0 Å². The van der Waals surface area contributed by atoms with Crippen LogP contribution in [0.2, 0.25) is 0 Å². The van der Waals surface area contributed by atoms with Gasteiger partial charge in [0.1, 0.15) is 17.9 Å². The van der Waals surface area contributed by atoms with Gasteiger partial charge in [0.2, 0.25) is 0 Å². The van der Waals surface area contributed by atoms with Crippen molar-refractivity contribution in [2.45, 2.75) is 13.3 Å². The number of rotatable bonds is 7. The number of anilines is 1. The van der Waals surface area contributed by atoms with Gasteiger partial charge in [0.05, 0.1) is 17.2 Å². The summed E-state index contributed by atoms with van der Waals surface area (Å²) < 4.78 is 5.53. The lowest BCUT2D eigenvalue weighted by Gasteiger charge is -2.07. The minimum Gasteiger partial charge on any atom is -0.493 e. The van der Waals surface area contributed by atoms with Crippen LogP contribution >= 0.6 is 11.3 Å². The molecule has 0 unspecified atom stereocenters. The van der Waals surface area contributed by atoms with Crippen LogP contribution in [0.25, 0.3) is 21.3 Å². The van der Waals surface area contributed by atoms with Gasteiger partial charge in [0.15, 0.2) is 0 Å². The van der Waals surface area contributed by atoms with E-state index in [-0.39, 0.29) is 0 Å². The number of fused-ring (bicyclic) bond motifs is 1. The first kappa shape index (κ1) is 17.5. The van der Waals surface area contributed by atoms with Crippen molar-refractivity contribution in [3.05, 3.63) is 71.9 Å². The van der Waals surface area contributed by atoms with Crippen molar-refractivity contribution < 1.29 is 4.74 Å². The molecule has 27 heavy (non-hydrogen) atoms. The second-order valence-electron chi connectivity index (χ2n) is 6.23. The quantitative estimate of drug-likeness (QED) is 0.469. The predicted molar refractivity (Wildman–Crippen MR) is 113 cm³/mol. The predicted octanol–water partition coefficient (Wildman–Crippen LogP) is 5.41. The van der Waals surface area contributed by atoms with Gasteiger partial charge in [0.25, 0.3) is 0 Å². The maximum Gasteiger partial charge on any atom is 0.130 e. The van der Waals surface area contributed by atoms with E-state index in [0.29, 0.717) is 6.61 Å². The number of thiophene rings is 1. The summed E-state index contributed by atoms with van der Waals surface area (Å²) >= 11 is 1.63. The van der Waals surface area contributed by atoms with Gasteiger partial charge in [-0.1, -0.05) is 42.5 Å². The van der Waals surface area contributed by atoms with Gasteiger partial charge in [-0.25, -0.2) is 9.97 Å². The maximum absolute atomic E-state index is 5.53. The number of hydrogen-bond donors (Lipinski definition) is 1. The molecule has 0 spiro atoms. The lowest BCUT2D eigenvalue weighted by atomic mass is 10.1. The first-order valence-electron chi connectivity index (χ1n) is 9.07. The summed E-state index contributed by atoms with van der Waals surface area (Å²) in [6.45, 7) is 3.48. The second kappa shape index (κ2) is 8.18. The topological polar surface area (TPSA) is 47.0 Å². The van der Waals surface area contributed by atoms with Crippen molar-refractivity contribution in [3.8, 4) is 16.3 Å². The molecular weight excluding hydrogens is 354 g/mol. The zero-order valence-corrected chi connectivity index (χ0v) is 16.0. The molecule has 2 aromatic carbocycles. The minimum atomic E-state index is 0.668. The average Bonchev–Trinajstić information content (AvgIpc) is 3.17. The van der Waals surface area contributed by atoms with Crippen molar-refractivity contribution in [2.75, 3.05) is 18.5 Å². The van der Waals surface area contributed by atoms with Crippen LogP contribution in [-0.4, -0.2) is 23.1 Å². The van der Waals surface area contributed by atoms with Crippen LogP contribution in [-0.2, 0) is 6.42 Å². The van der Waals surface area contributed by atoms with E-state index in [1.165, 1.54) is 16.3 Å². The molecule has 0 amide bonds. The van der Waals surface area contributed by atoms with E-state index in [1.54, 1.807) is 17.7 Å². The molecule has 2 heterocycles. The van der Waals surface area contributed by atoms with Crippen molar-refractivity contribution >= 4 is 27.9 Å². The summed E-state index contributed by atoms with van der Waals surface area (Å²) in [5.74, 6) is 1.73. The lowest BCUT2D eigenvalue weighted by molar-refractivity contribution is 0.342. The Morgan fingerprint density at radius 3 is 2.78 bits per heavy atom. The van der Waals surface area contributed by atoms with E-state index in [0.717, 1.165) is 35.1 Å². The Morgan fingerprint density at radius 1 is 1.00 bits per heavy atom. The zero-order valence-electron chi connectivity index (χ0n) is 15.2. The number of benzene rings is 2. The van der Waals surface area contributed by atoms with Crippen LogP contribution in [0.15, 0.2) is 66.3 Å². The molecular formula is C22H21N3OS. The highest BCUT2D eigenvalue weighted by atomic mass is 32.1. The molecule has 5 heteroatoms. The van der Waals surface area contributed by atoms with Crippen LogP contribution in [0, 0.1) is 0 Å².